The van der Waals surface area contributed by atoms with Crippen molar-refractivity contribution in [3.05, 3.63) is 23.5 Å². The van der Waals surface area contributed by atoms with Crippen molar-refractivity contribution >= 4 is 22.9 Å². The first kappa shape index (κ1) is 21.3. The normalized spacial score (nSPS) is 20.3. The highest BCUT2D eigenvalue weighted by atomic mass is 19.4. The lowest BCUT2D eigenvalue weighted by Crippen LogP contribution is -2.50. The van der Waals surface area contributed by atoms with Gasteiger partial charge in [-0.05, 0) is 25.0 Å². The highest BCUT2D eigenvalue weighted by molar-refractivity contribution is 5.85. The molecule has 6 nitrogen and oxygen atoms in total. The van der Waals surface area contributed by atoms with E-state index in [0.717, 1.165) is 7.05 Å². The second kappa shape index (κ2) is 7.77. The minimum absolute atomic E-state index is 0.124. The molecule has 2 aromatic rings. The lowest BCUT2D eigenvalue weighted by atomic mass is 10.1. The molecule has 0 radical (unpaired) electrons. The zero-order valence-electron chi connectivity index (χ0n) is 16.0. The number of aromatic nitrogens is 2. The number of imidazole rings is 1. The Morgan fingerprint density at radius 1 is 1.38 bits per heavy atom. The minimum Gasteiger partial charge on any atom is -0.340 e. The third kappa shape index (κ3) is 4.60. The van der Waals surface area contributed by atoms with Gasteiger partial charge >= 0.3 is 6.18 Å². The molecule has 0 aliphatic carbocycles. The number of amides is 1. The van der Waals surface area contributed by atoms with E-state index < -0.39 is 43.2 Å². The summed E-state index contributed by atoms with van der Waals surface area (Å²) in [4.78, 5) is 19.1. The summed E-state index contributed by atoms with van der Waals surface area (Å²) in [5.41, 5.74) is 6.99. The molecular formula is C18H22F5N5O. The average molecular weight is 419 g/mol. The van der Waals surface area contributed by atoms with Crippen LogP contribution in [-0.2, 0) is 11.3 Å². The average Bonchev–Trinajstić information content (AvgIpc) is 2.94. The molecule has 160 valence electrons. The summed E-state index contributed by atoms with van der Waals surface area (Å²) in [5, 5.41) is 0. The number of likely N-dealkylation sites (N-methyl/N-ethyl adjacent to an activating group) is 1. The number of fused-ring (bicyclic) bond motifs is 1. The maximum atomic E-state index is 13.8. The number of halogens is 5. The Bertz CT molecular complexity index is 912. The molecule has 0 unspecified atom stereocenters. The molecule has 0 saturated carbocycles. The molecule has 1 aromatic carbocycles. The van der Waals surface area contributed by atoms with Crippen LogP contribution in [0.4, 0.5) is 27.9 Å². The summed E-state index contributed by atoms with van der Waals surface area (Å²) in [7, 11) is 1.06. The molecule has 3 rings (SSSR count). The number of rotatable bonds is 4. The Kier molecular flexibility index (Phi) is 5.70. The van der Waals surface area contributed by atoms with Crippen LogP contribution < -0.4 is 10.6 Å². The predicted molar refractivity (Wildman–Crippen MR) is 97.8 cm³/mol. The van der Waals surface area contributed by atoms with Gasteiger partial charge in [0.2, 0.25) is 11.9 Å². The molecule has 0 spiro atoms. The number of anilines is 1. The maximum Gasteiger partial charge on any atom is 0.406 e. The summed E-state index contributed by atoms with van der Waals surface area (Å²) in [6.07, 6.45) is -5.55. The highest BCUT2D eigenvalue weighted by Crippen LogP contribution is 2.29. The van der Waals surface area contributed by atoms with Crippen LogP contribution in [0.5, 0.6) is 0 Å². The minimum atomic E-state index is -4.53. The van der Waals surface area contributed by atoms with Gasteiger partial charge < -0.3 is 20.1 Å². The first-order valence-electron chi connectivity index (χ1n) is 9.08. The van der Waals surface area contributed by atoms with E-state index in [-0.39, 0.29) is 31.0 Å². The molecular weight excluding hydrogens is 397 g/mol. The fraction of sp³-hybridized carbons (Fsp3) is 0.556. The van der Waals surface area contributed by atoms with E-state index in [0.29, 0.717) is 16.0 Å². The predicted octanol–water partition coefficient (Wildman–Crippen LogP) is 2.38. The molecule has 1 amide bonds. The first-order valence-corrected chi connectivity index (χ1v) is 9.08. The number of carbonyl (C=O) groups is 1. The van der Waals surface area contributed by atoms with Gasteiger partial charge in [-0.3, -0.25) is 4.79 Å². The molecule has 11 heteroatoms. The van der Waals surface area contributed by atoms with Crippen molar-refractivity contribution in [1.29, 1.82) is 0 Å². The van der Waals surface area contributed by atoms with Gasteiger partial charge in [-0.25, -0.2) is 13.8 Å². The van der Waals surface area contributed by atoms with Gasteiger partial charge in [0, 0.05) is 26.2 Å². The topological polar surface area (TPSA) is 67.4 Å². The van der Waals surface area contributed by atoms with Crippen LogP contribution in [-0.4, -0.2) is 65.4 Å². The Morgan fingerprint density at radius 2 is 2.07 bits per heavy atom. The van der Waals surface area contributed by atoms with Crippen LogP contribution in [0, 0.1) is 12.7 Å². The summed E-state index contributed by atoms with van der Waals surface area (Å²) < 4.78 is 67.0. The van der Waals surface area contributed by atoms with E-state index in [1.165, 1.54) is 16.7 Å². The third-order valence-electron chi connectivity index (χ3n) is 4.97. The summed E-state index contributed by atoms with van der Waals surface area (Å²) in [6, 6.07) is 1.68. The van der Waals surface area contributed by atoms with E-state index in [2.05, 4.69) is 4.98 Å². The molecule has 0 bridgehead atoms. The molecule has 1 aliphatic heterocycles. The molecule has 1 saturated heterocycles. The second-order valence-electron chi connectivity index (χ2n) is 7.37. The van der Waals surface area contributed by atoms with Crippen LogP contribution in [0.15, 0.2) is 12.1 Å². The van der Waals surface area contributed by atoms with Crippen molar-refractivity contribution in [3.63, 3.8) is 0 Å². The number of piperidine rings is 1. The number of benzene rings is 1. The van der Waals surface area contributed by atoms with E-state index in [1.54, 1.807) is 11.8 Å². The van der Waals surface area contributed by atoms with Gasteiger partial charge in [0.25, 0.3) is 0 Å². The van der Waals surface area contributed by atoms with Crippen molar-refractivity contribution in [2.75, 3.05) is 31.6 Å². The monoisotopic (exact) mass is 419 g/mol. The van der Waals surface area contributed by atoms with Crippen molar-refractivity contribution in [3.8, 4) is 0 Å². The van der Waals surface area contributed by atoms with Gasteiger partial charge in [0.1, 0.15) is 25.1 Å². The Hall–Kier alpha value is -2.43. The van der Waals surface area contributed by atoms with Crippen molar-refractivity contribution < 1.29 is 26.7 Å². The number of hydrogen-bond donors (Lipinski definition) is 1. The fourth-order valence-electron chi connectivity index (χ4n) is 3.56. The second-order valence-corrected chi connectivity index (χ2v) is 7.37. The van der Waals surface area contributed by atoms with Crippen LogP contribution >= 0.6 is 0 Å². The molecule has 29 heavy (non-hydrogen) atoms. The first-order chi connectivity index (χ1) is 13.5. The summed E-state index contributed by atoms with van der Waals surface area (Å²) >= 11 is 0. The molecule has 2 heterocycles. The Labute approximate surface area is 164 Å². The van der Waals surface area contributed by atoms with Gasteiger partial charge in [-0.1, -0.05) is 0 Å². The van der Waals surface area contributed by atoms with Gasteiger partial charge in [-0.15, -0.1) is 0 Å². The number of nitrogens with two attached hydrogens (primary N) is 1. The van der Waals surface area contributed by atoms with Crippen molar-refractivity contribution in [2.45, 2.75) is 38.3 Å². The largest absolute Gasteiger partial charge is 0.406 e. The molecule has 2 N–H and O–H groups in total. The number of alkyl halides is 4. The van der Waals surface area contributed by atoms with Crippen LogP contribution in [0.1, 0.15) is 12.0 Å². The summed E-state index contributed by atoms with van der Waals surface area (Å²) in [5.74, 6) is -1.05. The fourth-order valence-corrected chi connectivity index (χ4v) is 3.56. The van der Waals surface area contributed by atoms with E-state index >= 15 is 0 Å². The molecule has 1 fully saturated rings. The van der Waals surface area contributed by atoms with Gasteiger partial charge in [0.15, 0.2) is 0 Å². The Balaban J connectivity index is 2.00. The van der Waals surface area contributed by atoms with E-state index in [1.807, 2.05) is 0 Å². The number of hydrogen-bond acceptors (Lipinski definition) is 4. The number of carbonyl (C=O) groups excluding carboxylic acids is 1. The van der Waals surface area contributed by atoms with Crippen LogP contribution in [0.25, 0.3) is 11.0 Å². The highest BCUT2D eigenvalue weighted by Gasteiger charge is 2.33. The SMILES string of the molecule is Cc1cc(F)cc2nc(N3CC[C@@H](F)[C@H](N)C3)n(CC(=O)N(C)CC(F)(F)F)c12. The number of nitrogens with zero attached hydrogens (tertiary/aromatic N) is 4. The molecule has 2 atom stereocenters. The van der Waals surface area contributed by atoms with E-state index in [4.69, 9.17) is 5.73 Å². The smallest absolute Gasteiger partial charge is 0.340 e. The lowest BCUT2D eigenvalue weighted by Gasteiger charge is -2.34. The van der Waals surface area contributed by atoms with Gasteiger partial charge in [0.05, 0.1) is 17.1 Å². The summed E-state index contributed by atoms with van der Waals surface area (Å²) in [6.45, 7) is 0.205. The van der Waals surface area contributed by atoms with Crippen molar-refractivity contribution in [1.82, 2.24) is 14.5 Å². The van der Waals surface area contributed by atoms with Crippen molar-refractivity contribution in [2.24, 2.45) is 5.73 Å². The zero-order chi connectivity index (χ0) is 21.5. The zero-order valence-corrected chi connectivity index (χ0v) is 16.0. The van der Waals surface area contributed by atoms with E-state index in [9.17, 15) is 26.7 Å². The molecule has 1 aliphatic rings. The van der Waals surface area contributed by atoms with Crippen LogP contribution in [0.2, 0.25) is 0 Å². The Morgan fingerprint density at radius 3 is 2.69 bits per heavy atom. The van der Waals surface area contributed by atoms with Crippen LogP contribution in [0.3, 0.4) is 0 Å². The quantitative estimate of drug-likeness (QED) is 0.773. The number of aryl methyl sites for hydroxylation is 1. The lowest BCUT2D eigenvalue weighted by molar-refractivity contribution is -0.158. The third-order valence-corrected chi connectivity index (χ3v) is 4.97. The maximum absolute atomic E-state index is 13.8. The standard InChI is InChI=1S/C18H22F5N5O/c1-10-5-11(19)6-14-16(10)28(8-15(29)26(2)9-18(21,22)23)17(25-14)27-4-3-12(20)13(24)7-27/h5-6,12-13H,3-4,7-9,24H2,1-2H3/t12-,13-/m1/s1. The van der Waals surface area contributed by atoms with Gasteiger partial charge in [-0.2, -0.15) is 13.2 Å². The molecule has 1 aromatic heterocycles.